The molecule has 2 unspecified atom stereocenters. The number of aliphatic carboxylic acids is 1. The lowest BCUT2D eigenvalue weighted by molar-refractivity contribution is -0.136. The molecule has 2 heterocycles. The highest BCUT2D eigenvalue weighted by atomic mass is 16.4. The van der Waals surface area contributed by atoms with E-state index in [2.05, 4.69) is 10.2 Å². The summed E-state index contributed by atoms with van der Waals surface area (Å²) in [6, 6.07) is 0.561. The number of fused-ring (bicyclic) bond motifs is 1. The van der Waals surface area contributed by atoms with Crippen LogP contribution < -0.4 is 5.32 Å². The predicted molar refractivity (Wildman–Crippen MR) is 66.4 cm³/mol. The highest BCUT2D eigenvalue weighted by Gasteiger charge is 2.36. The van der Waals surface area contributed by atoms with Crippen molar-refractivity contribution < 1.29 is 14.7 Å². The molecule has 0 bridgehead atoms. The molecule has 0 radical (unpaired) electrons. The summed E-state index contributed by atoms with van der Waals surface area (Å²) in [7, 11) is 0. The Bertz CT molecular complexity index is 335. The lowest BCUT2D eigenvalue weighted by Crippen LogP contribution is -2.59. The zero-order valence-electron chi connectivity index (χ0n) is 10.8. The van der Waals surface area contributed by atoms with E-state index >= 15 is 0 Å². The molecule has 2 aliphatic rings. The monoisotopic (exact) mass is 255 g/mol. The zero-order chi connectivity index (χ0) is 13.1. The second-order valence-electron chi connectivity index (χ2n) is 5.17. The first-order chi connectivity index (χ1) is 8.58. The van der Waals surface area contributed by atoms with Gasteiger partial charge in [0.1, 0.15) is 0 Å². The summed E-state index contributed by atoms with van der Waals surface area (Å²) in [5.41, 5.74) is 0. The third kappa shape index (κ3) is 2.93. The largest absolute Gasteiger partial charge is 0.481 e. The van der Waals surface area contributed by atoms with Crippen molar-refractivity contribution in [2.75, 3.05) is 26.2 Å². The van der Waals surface area contributed by atoms with Gasteiger partial charge in [-0.25, -0.2) is 4.79 Å². The lowest BCUT2D eigenvalue weighted by atomic mass is 10.1. The molecule has 0 saturated carbocycles. The van der Waals surface area contributed by atoms with Gasteiger partial charge < -0.3 is 15.3 Å². The van der Waals surface area contributed by atoms with Gasteiger partial charge in [-0.05, 0) is 26.3 Å². The minimum absolute atomic E-state index is 0.0243. The second-order valence-corrected chi connectivity index (χ2v) is 5.17. The van der Waals surface area contributed by atoms with E-state index in [0.29, 0.717) is 6.04 Å². The number of hydrogen-bond acceptors (Lipinski definition) is 3. The van der Waals surface area contributed by atoms with Gasteiger partial charge >= 0.3 is 12.0 Å². The van der Waals surface area contributed by atoms with Crippen LogP contribution in [0.5, 0.6) is 0 Å². The first-order valence-corrected chi connectivity index (χ1v) is 6.58. The van der Waals surface area contributed by atoms with Crippen molar-refractivity contribution in [1.82, 2.24) is 15.1 Å². The molecule has 18 heavy (non-hydrogen) atoms. The molecular formula is C12H21N3O3. The Morgan fingerprint density at radius 1 is 1.39 bits per heavy atom. The molecule has 2 fully saturated rings. The normalized spacial score (nSPS) is 27.9. The Hall–Kier alpha value is -1.30. The maximum atomic E-state index is 12.0. The molecule has 2 rings (SSSR count). The van der Waals surface area contributed by atoms with Crippen molar-refractivity contribution in [1.29, 1.82) is 0 Å². The lowest BCUT2D eigenvalue weighted by Gasteiger charge is -2.42. The van der Waals surface area contributed by atoms with E-state index in [4.69, 9.17) is 5.11 Å². The maximum Gasteiger partial charge on any atom is 0.317 e. The average Bonchev–Trinajstić information content (AvgIpc) is 2.74. The second kappa shape index (κ2) is 5.56. The van der Waals surface area contributed by atoms with Gasteiger partial charge in [-0.3, -0.25) is 9.69 Å². The van der Waals surface area contributed by atoms with Gasteiger partial charge in [0.05, 0.1) is 6.42 Å². The van der Waals surface area contributed by atoms with Crippen LogP contribution in [0.15, 0.2) is 0 Å². The Morgan fingerprint density at radius 3 is 2.89 bits per heavy atom. The quantitative estimate of drug-likeness (QED) is 0.762. The molecule has 6 nitrogen and oxygen atoms in total. The number of piperazine rings is 1. The van der Waals surface area contributed by atoms with Crippen LogP contribution >= 0.6 is 0 Å². The summed E-state index contributed by atoms with van der Waals surface area (Å²) in [4.78, 5) is 26.7. The summed E-state index contributed by atoms with van der Waals surface area (Å²) < 4.78 is 0. The number of nitrogens with zero attached hydrogens (tertiary/aromatic N) is 2. The predicted octanol–water partition coefficient (Wildman–Crippen LogP) is 0.339. The molecule has 2 saturated heterocycles. The molecule has 2 amide bonds. The molecule has 0 spiro atoms. The van der Waals surface area contributed by atoms with Gasteiger partial charge in [0.15, 0.2) is 0 Å². The van der Waals surface area contributed by atoms with E-state index in [1.165, 1.54) is 6.42 Å². The van der Waals surface area contributed by atoms with E-state index in [9.17, 15) is 9.59 Å². The molecule has 2 aliphatic heterocycles. The van der Waals surface area contributed by atoms with Gasteiger partial charge in [0, 0.05) is 31.7 Å². The third-order valence-electron chi connectivity index (χ3n) is 3.81. The summed E-state index contributed by atoms with van der Waals surface area (Å²) in [5.74, 6) is -0.885. The molecule has 0 aromatic heterocycles. The van der Waals surface area contributed by atoms with E-state index in [1.54, 1.807) is 0 Å². The first kappa shape index (κ1) is 13.1. The standard InChI is InChI=1S/C12H21N3O3/c1-9-7-14-6-2-3-10(14)8-15(9)12(18)13-5-4-11(16)17/h9-10H,2-8H2,1H3,(H,13,18)(H,16,17). The van der Waals surface area contributed by atoms with E-state index < -0.39 is 5.97 Å². The summed E-state index contributed by atoms with van der Waals surface area (Å²) in [6.07, 6.45) is 2.35. The molecule has 102 valence electrons. The van der Waals surface area contributed by atoms with Gasteiger partial charge in [-0.2, -0.15) is 0 Å². The smallest absolute Gasteiger partial charge is 0.317 e. The zero-order valence-corrected chi connectivity index (χ0v) is 10.8. The number of amides is 2. The minimum Gasteiger partial charge on any atom is -0.481 e. The van der Waals surface area contributed by atoms with Crippen molar-refractivity contribution in [2.24, 2.45) is 0 Å². The number of nitrogens with one attached hydrogen (secondary N) is 1. The molecule has 0 aromatic rings. The molecule has 6 heteroatoms. The van der Waals surface area contributed by atoms with Crippen LogP contribution in [0, 0.1) is 0 Å². The highest BCUT2D eigenvalue weighted by molar-refractivity contribution is 5.75. The molecule has 2 atom stereocenters. The highest BCUT2D eigenvalue weighted by Crippen LogP contribution is 2.24. The topological polar surface area (TPSA) is 72.9 Å². The van der Waals surface area contributed by atoms with Crippen LogP contribution in [0.4, 0.5) is 4.79 Å². The summed E-state index contributed by atoms with van der Waals surface area (Å²) >= 11 is 0. The number of carbonyl (C=O) groups is 2. The first-order valence-electron chi connectivity index (χ1n) is 6.58. The minimum atomic E-state index is -0.885. The number of urea groups is 1. The van der Waals surface area contributed by atoms with Gasteiger partial charge in [-0.1, -0.05) is 0 Å². The SMILES string of the molecule is CC1CN2CCCC2CN1C(=O)NCCC(=O)O. The van der Waals surface area contributed by atoms with Gasteiger partial charge in [-0.15, -0.1) is 0 Å². The molecular weight excluding hydrogens is 234 g/mol. The maximum absolute atomic E-state index is 12.0. The third-order valence-corrected chi connectivity index (χ3v) is 3.81. The van der Waals surface area contributed by atoms with Gasteiger partial charge in [0.25, 0.3) is 0 Å². The van der Waals surface area contributed by atoms with Crippen molar-refractivity contribution in [3.05, 3.63) is 0 Å². The Balaban J connectivity index is 1.83. The van der Waals surface area contributed by atoms with E-state index in [-0.39, 0.29) is 25.0 Å². The molecule has 2 N–H and O–H groups in total. The number of carbonyl (C=O) groups excluding carboxylic acids is 1. The van der Waals surface area contributed by atoms with Crippen molar-refractivity contribution in [3.63, 3.8) is 0 Å². The molecule has 0 aromatic carbocycles. The van der Waals surface area contributed by atoms with Crippen LogP contribution in [0.1, 0.15) is 26.2 Å². The van der Waals surface area contributed by atoms with Gasteiger partial charge in [0.2, 0.25) is 0 Å². The molecule has 0 aliphatic carbocycles. The number of carboxylic acid groups (broad SMARTS) is 1. The fourth-order valence-corrected chi connectivity index (χ4v) is 2.85. The van der Waals surface area contributed by atoms with Crippen LogP contribution in [-0.2, 0) is 4.79 Å². The van der Waals surface area contributed by atoms with Crippen molar-refractivity contribution >= 4 is 12.0 Å². The Labute approximate surface area is 107 Å². The summed E-state index contributed by atoms with van der Waals surface area (Å²) in [6.45, 7) is 5.08. The van der Waals surface area contributed by atoms with Crippen molar-refractivity contribution in [2.45, 2.75) is 38.3 Å². The van der Waals surface area contributed by atoms with E-state index in [0.717, 1.165) is 26.1 Å². The van der Waals surface area contributed by atoms with Crippen LogP contribution in [0.2, 0.25) is 0 Å². The fraction of sp³-hybridized carbons (Fsp3) is 0.833. The number of hydrogen-bond donors (Lipinski definition) is 2. The Morgan fingerprint density at radius 2 is 2.17 bits per heavy atom. The number of carboxylic acids is 1. The van der Waals surface area contributed by atoms with Crippen molar-refractivity contribution in [3.8, 4) is 0 Å². The van der Waals surface area contributed by atoms with Crippen LogP contribution in [-0.4, -0.2) is 65.2 Å². The van der Waals surface area contributed by atoms with Crippen LogP contribution in [0.3, 0.4) is 0 Å². The van der Waals surface area contributed by atoms with Crippen LogP contribution in [0.25, 0.3) is 0 Å². The fourth-order valence-electron chi connectivity index (χ4n) is 2.85. The number of rotatable bonds is 3. The average molecular weight is 255 g/mol. The van der Waals surface area contributed by atoms with E-state index in [1.807, 2.05) is 11.8 Å². The summed E-state index contributed by atoms with van der Waals surface area (Å²) in [5, 5.41) is 11.2. The Kier molecular flexibility index (Phi) is 4.06.